The molecule has 1 N–H and O–H groups in total. The second-order valence-corrected chi connectivity index (χ2v) is 5.74. The molecule has 0 saturated heterocycles. The Morgan fingerprint density at radius 3 is 2.84 bits per heavy atom. The topological polar surface area (TPSA) is 29.9 Å². The first-order valence-corrected chi connectivity index (χ1v) is 7.43. The third kappa shape index (κ3) is 3.60. The Morgan fingerprint density at radius 2 is 2.16 bits per heavy atom. The lowest BCUT2D eigenvalue weighted by Gasteiger charge is -2.09. The highest BCUT2D eigenvalue weighted by Gasteiger charge is 2.05. The molecule has 2 rings (SSSR count). The Kier molecular flexibility index (Phi) is 4.64. The summed E-state index contributed by atoms with van der Waals surface area (Å²) in [6.45, 7) is 7.18. The van der Waals surface area contributed by atoms with Crippen molar-refractivity contribution in [2.45, 2.75) is 39.8 Å². The Hall–Kier alpha value is -1.29. The van der Waals surface area contributed by atoms with Crippen LogP contribution in [0, 0.1) is 6.92 Å². The summed E-state index contributed by atoms with van der Waals surface area (Å²) >= 11 is 3.57. The van der Waals surface area contributed by atoms with Crippen molar-refractivity contribution >= 4 is 21.6 Å². The number of hydrogen-bond acceptors (Lipinski definition) is 2. The van der Waals surface area contributed by atoms with Gasteiger partial charge in [-0.3, -0.25) is 4.68 Å². The van der Waals surface area contributed by atoms with Crippen LogP contribution in [0.5, 0.6) is 0 Å². The summed E-state index contributed by atoms with van der Waals surface area (Å²) in [6.07, 6.45) is 3.15. The monoisotopic (exact) mass is 321 g/mol. The Balaban J connectivity index is 2.00. The van der Waals surface area contributed by atoms with Gasteiger partial charge in [0.1, 0.15) is 0 Å². The molecule has 0 radical (unpaired) electrons. The molecule has 0 aliphatic rings. The van der Waals surface area contributed by atoms with Crippen LogP contribution in [0.1, 0.15) is 37.6 Å². The first-order valence-electron chi connectivity index (χ1n) is 6.64. The molecule has 102 valence electrons. The van der Waals surface area contributed by atoms with Gasteiger partial charge in [-0.05, 0) is 60.0 Å². The van der Waals surface area contributed by atoms with Gasteiger partial charge in [0.2, 0.25) is 0 Å². The minimum Gasteiger partial charge on any atom is -0.378 e. The summed E-state index contributed by atoms with van der Waals surface area (Å²) in [5.41, 5.74) is 3.41. The molecule has 2 aromatic rings. The van der Waals surface area contributed by atoms with E-state index < -0.39 is 0 Å². The number of nitrogens with one attached hydrogen (secondary N) is 1. The summed E-state index contributed by atoms with van der Waals surface area (Å²) in [4.78, 5) is 0. The molecule has 0 amide bonds. The van der Waals surface area contributed by atoms with Crippen molar-refractivity contribution in [3.63, 3.8) is 0 Å². The number of rotatable bonds is 5. The predicted molar refractivity (Wildman–Crippen MR) is 83.4 cm³/mol. The molecule has 0 spiro atoms. The Labute approximate surface area is 123 Å². The van der Waals surface area contributed by atoms with E-state index >= 15 is 0 Å². The number of benzene rings is 1. The van der Waals surface area contributed by atoms with Crippen LogP contribution in [-0.4, -0.2) is 9.78 Å². The molecular weight excluding hydrogens is 302 g/mol. The molecule has 1 unspecified atom stereocenters. The van der Waals surface area contributed by atoms with Crippen LogP contribution in [0.4, 0.5) is 5.69 Å². The largest absolute Gasteiger partial charge is 0.378 e. The van der Waals surface area contributed by atoms with Gasteiger partial charge >= 0.3 is 0 Å². The fourth-order valence-corrected chi connectivity index (χ4v) is 2.49. The molecule has 1 atom stereocenters. The van der Waals surface area contributed by atoms with Crippen molar-refractivity contribution in [2.75, 3.05) is 5.32 Å². The van der Waals surface area contributed by atoms with Crippen molar-refractivity contribution < 1.29 is 0 Å². The quantitative estimate of drug-likeness (QED) is 0.876. The van der Waals surface area contributed by atoms with E-state index in [0.717, 1.165) is 28.8 Å². The third-order valence-electron chi connectivity index (χ3n) is 3.29. The lowest BCUT2D eigenvalue weighted by atomic mass is 10.2. The predicted octanol–water partition coefficient (Wildman–Crippen LogP) is 4.54. The third-order valence-corrected chi connectivity index (χ3v) is 3.95. The maximum Gasteiger partial charge on any atom is 0.0815 e. The summed E-state index contributed by atoms with van der Waals surface area (Å²) in [6, 6.07) is 8.83. The number of nitrogens with zero attached hydrogens (tertiary/aromatic N) is 2. The van der Waals surface area contributed by atoms with E-state index in [0.29, 0.717) is 6.04 Å². The number of anilines is 1. The first-order chi connectivity index (χ1) is 9.10. The van der Waals surface area contributed by atoms with Crippen molar-refractivity contribution in [3.8, 4) is 0 Å². The average molecular weight is 322 g/mol. The number of aryl methyl sites for hydroxylation is 1. The van der Waals surface area contributed by atoms with E-state index in [2.05, 4.69) is 77.6 Å². The summed E-state index contributed by atoms with van der Waals surface area (Å²) in [7, 11) is 0. The fraction of sp³-hybridized carbons (Fsp3) is 0.400. The molecule has 0 saturated carbocycles. The fourth-order valence-electron chi connectivity index (χ4n) is 1.85. The minimum atomic E-state index is 0.458. The molecule has 1 aromatic carbocycles. The number of hydrogen-bond donors (Lipinski definition) is 1. The van der Waals surface area contributed by atoms with Crippen molar-refractivity contribution in [1.29, 1.82) is 0 Å². The Morgan fingerprint density at radius 1 is 1.37 bits per heavy atom. The molecule has 0 fully saturated rings. The zero-order valence-corrected chi connectivity index (χ0v) is 13.2. The normalized spacial score (nSPS) is 12.4. The number of halogens is 1. The molecule has 0 bridgehead atoms. The van der Waals surface area contributed by atoms with E-state index in [9.17, 15) is 0 Å². The van der Waals surface area contributed by atoms with Gasteiger partial charge in [0.25, 0.3) is 0 Å². The van der Waals surface area contributed by atoms with Crippen molar-refractivity contribution in [2.24, 2.45) is 0 Å². The first kappa shape index (κ1) is 14.1. The zero-order chi connectivity index (χ0) is 13.8. The van der Waals surface area contributed by atoms with Crippen LogP contribution in [-0.2, 0) is 6.54 Å². The highest BCUT2D eigenvalue weighted by atomic mass is 79.9. The highest BCUT2D eigenvalue weighted by Crippen LogP contribution is 2.23. The molecule has 19 heavy (non-hydrogen) atoms. The molecule has 3 nitrogen and oxygen atoms in total. The van der Waals surface area contributed by atoms with Crippen LogP contribution in [0.25, 0.3) is 0 Å². The lowest BCUT2D eigenvalue weighted by Crippen LogP contribution is -2.06. The average Bonchev–Trinajstić information content (AvgIpc) is 2.85. The SMILES string of the molecule is CCC(C)n1ccc(CNc2ccc(C)cc2Br)n1. The van der Waals surface area contributed by atoms with Crippen LogP contribution in [0.15, 0.2) is 34.9 Å². The Bertz CT molecular complexity index is 548. The van der Waals surface area contributed by atoms with Gasteiger partial charge in [0, 0.05) is 22.4 Å². The van der Waals surface area contributed by atoms with Gasteiger partial charge < -0.3 is 5.32 Å². The van der Waals surface area contributed by atoms with Crippen molar-refractivity contribution in [3.05, 3.63) is 46.2 Å². The lowest BCUT2D eigenvalue weighted by molar-refractivity contribution is 0.474. The summed E-state index contributed by atoms with van der Waals surface area (Å²) in [5.74, 6) is 0. The van der Waals surface area contributed by atoms with Gasteiger partial charge in [-0.2, -0.15) is 5.10 Å². The van der Waals surface area contributed by atoms with E-state index in [1.807, 2.05) is 4.68 Å². The van der Waals surface area contributed by atoms with Crippen molar-refractivity contribution in [1.82, 2.24) is 9.78 Å². The van der Waals surface area contributed by atoms with E-state index in [4.69, 9.17) is 0 Å². The summed E-state index contributed by atoms with van der Waals surface area (Å²) < 4.78 is 3.12. The van der Waals surface area contributed by atoms with Crippen LogP contribution in [0.3, 0.4) is 0 Å². The smallest absolute Gasteiger partial charge is 0.0815 e. The van der Waals surface area contributed by atoms with Crippen LogP contribution >= 0.6 is 15.9 Å². The molecule has 4 heteroatoms. The molecule has 1 aromatic heterocycles. The molecule has 1 heterocycles. The standard InChI is InChI=1S/C15H20BrN3/c1-4-12(3)19-8-7-13(18-19)10-17-15-6-5-11(2)9-14(15)16/h5-9,12,17H,4,10H2,1-3H3. The highest BCUT2D eigenvalue weighted by molar-refractivity contribution is 9.10. The van der Waals surface area contributed by atoms with Gasteiger partial charge in [-0.25, -0.2) is 0 Å². The van der Waals surface area contributed by atoms with Gasteiger partial charge in [-0.15, -0.1) is 0 Å². The number of aromatic nitrogens is 2. The second kappa shape index (κ2) is 6.24. The van der Waals surface area contributed by atoms with Gasteiger partial charge in [-0.1, -0.05) is 13.0 Å². The van der Waals surface area contributed by atoms with E-state index in [1.165, 1.54) is 5.56 Å². The van der Waals surface area contributed by atoms with Gasteiger partial charge in [0.15, 0.2) is 0 Å². The molecule has 0 aliphatic heterocycles. The second-order valence-electron chi connectivity index (χ2n) is 4.88. The van der Waals surface area contributed by atoms with Gasteiger partial charge in [0.05, 0.1) is 12.2 Å². The molecular formula is C15H20BrN3. The zero-order valence-electron chi connectivity index (χ0n) is 11.7. The maximum atomic E-state index is 4.58. The summed E-state index contributed by atoms with van der Waals surface area (Å²) in [5, 5.41) is 7.99. The minimum absolute atomic E-state index is 0.458. The van der Waals surface area contributed by atoms with E-state index in [-0.39, 0.29) is 0 Å². The van der Waals surface area contributed by atoms with E-state index in [1.54, 1.807) is 0 Å². The van der Waals surface area contributed by atoms with Crippen LogP contribution in [0.2, 0.25) is 0 Å². The maximum absolute atomic E-state index is 4.58. The molecule has 0 aliphatic carbocycles. The van der Waals surface area contributed by atoms with Crippen LogP contribution < -0.4 is 5.32 Å².